The molecule has 2 aromatic carbocycles. The van der Waals surface area contributed by atoms with Crippen molar-refractivity contribution in [2.45, 2.75) is 75.4 Å². The third-order valence-electron chi connectivity index (χ3n) is 11.9. The first-order valence-electron chi connectivity index (χ1n) is 20.0. The summed E-state index contributed by atoms with van der Waals surface area (Å²) in [7, 11) is -4.58. The van der Waals surface area contributed by atoms with Crippen molar-refractivity contribution in [2.24, 2.45) is 5.41 Å². The van der Waals surface area contributed by atoms with Crippen LogP contribution in [0.25, 0.3) is 11.0 Å². The molecule has 1 spiro atoms. The van der Waals surface area contributed by atoms with E-state index >= 15 is 0 Å². The van der Waals surface area contributed by atoms with Crippen molar-refractivity contribution in [3.8, 4) is 17.2 Å². The number of carbonyl (C=O) groups is 1. The smallest absolute Gasteiger partial charge is 0.312 e. The highest BCUT2D eigenvalue weighted by molar-refractivity contribution is 7.90. The molecule has 2 aliphatic heterocycles. The number of hydrogen-bond acceptors (Lipinski definition) is 11. The number of anilines is 1. The fraction of sp³-hybridized carbons (Fsp3) is 0.442. The number of rotatable bonds is 14. The Bertz CT molecular complexity index is 2440. The molecule has 312 valence electrons. The van der Waals surface area contributed by atoms with Crippen LogP contribution in [0.4, 0.5) is 11.4 Å². The summed E-state index contributed by atoms with van der Waals surface area (Å²) < 4.78 is 47.4. The molecule has 4 aromatic rings. The first kappa shape index (κ1) is 40.8. The molecule has 16 heteroatoms. The van der Waals surface area contributed by atoms with Gasteiger partial charge in [0.2, 0.25) is 0 Å². The third-order valence-corrected chi connectivity index (χ3v) is 13.4. The zero-order valence-corrected chi connectivity index (χ0v) is 34.9. The maximum Gasteiger partial charge on any atom is 0.312 e. The molecule has 1 atom stereocenters. The minimum atomic E-state index is -4.58. The Labute approximate surface area is 348 Å². The van der Waals surface area contributed by atoms with E-state index in [-0.39, 0.29) is 34.2 Å². The number of sulfonamides is 1. The molecule has 2 aliphatic carbocycles. The average molecular weight is 845 g/mol. The van der Waals surface area contributed by atoms with Crippen LogP contribution in [0.1, 0.15) is 69.2 Å². The Morgan fingerprint density at radius 3 is 2.63 bits per heavy atom. The lowest BCUT2D eigenvalue weighted by atomic mass is 9.72. The number of H-pyrrole nitrogens is 1. The zero-order valence-electron chi connectivity index (χ0n) is 33.3. The van der Waals surface area contributed by atoms with Crippen molar-refractivity contribution in [1.82, 2.24) is 19.6 Å². The van der Waals surface area contributed by atoms with Gasteiger partial charge in [-0.3, -0.25) is 19.8 Å². The second-order valence-corrected chi connectivity index (χ2v) is 18.9. The molecule has 0 radical (unpaired) electrons. The number of hydrogen-bond donors (Lipinski definition) is 2. The highest BCUT2D eigenvalue weighted by atomic mass is 35.5. The molecule has 1 saturated carbocycles. The lowest BCUT2D eigenvalue weighted by Gasteiger charge is -2.39. The number of aromatic amines is 1. The number of allylic oxidation sites excluding steroid dienone is 2. The van der Waals surface area contributed by atoms with Crippen LogP contribution in [0.5, 0.6) is 17.2 Å². The van der Waals surface area contributed by atoms with Crippen molar-refractivity contribution < 1.29 is 32.3 Å². The Morgan fingerprint density at radius 2 is 1.90 bits per heavy atom. The molecule has 2 N–H and O–H groups in total. The first-order chi connectivity index (χ1) is 28.2. The number of nitrogens with zero attached hydrogens (tertiary/aromatic N) is 4. The van der Waals surface area contributed by atoms with Gasteiger partial charge in [0.25, 0.3) is 15.9 Å². The van der Waals surface area contributed by atoms with Crippen molar-refractivity contribution in [3.05, 3.63) is 99.9 Å². The summed E-state index contributed by atoms with van der Waals surface area (Å²) in [5.41, 5.74) is 4.87. The first-order valence-corrected chi connectivity index (χ1v) is 22.1. The van der Waals surface area contributed by atoms with E-state index in [0.29, 0.717) is 30.3 Å². The van der Waals surface area contributed by atoms with Gasteiger partial charge in [0.1, 0.15) is 23.3 Å². The number of nitrogens with one attached hydrogen (secondary N) is 2. The highest BCUT2D eigenvalue weighted by Crippen LogP contribution is 2.48. The van der Waals surface area contributed by atoms with Gasteiger partial charge in [0, 0.05) is 74.4 Å². The lowest BCUT2D eigenvalue weighted by molar-refractivity contribution is -0.386. The molecule has 2 aromatic heterocycles. The van der Waals surface area contributed by atoms with Gasteiger partial charge in [0.15, 0.2) is 5.75 Å². The number of nitro groups is 1. The fourth-order valence-electron chi connectivity index (χ4n) is 8.35. The van der Waals surface area contributed by atoms with E-state index in [0.717, 1.165) is 94.0 Å². The maximum atomic E-state index is 13.9. The number of aromatic nitrogens is 2. The SMILES string of the molecule is C=C(CCCl)C1=C(CN2CCN(c3ccc(C(=O)NS(=O)(=O)c4ccc(OC5COC6(CC6)C5)c([N+](=O)[O-])c4)c(Oc4cnc5[nH]ccc5c4)c3)CC2)CCC(C)(C)C1. The molecule has 1 unspecified atom stereocenters. The summed E-state index contributed by atoms with van der Waals surface area (Å²) in [6.07, 6.45) is 9.30. The van der Waals surface area contributed by atoms with Crippen LogP contribution in [0.2, 0.25) is 0 Å². The van der Waals surface area contributed by atoms with Crippen LogP contribution < -0.4 is 19.1 Å². The molecule has 59 heavy (non-hydrogen) atoms. The zero-order chi connectivity index (χ0) is 41.5. The summed E-state index contributed by atoms with van der Waals surface area (Å²) in [5.74, 6) is -0.0190. The van der Waals surface area contributed by atoms with E-state index < -0.39 is 31.4 Å². The summed E-state index contributed by atoms with van der Waals surface area (Å²) in [4.78, 5) is 36.9. The third kappa shape index (κ3) is 9.13. The van der Waals surface area contributed by atoms with Gasteiger partial charge in [-0.25, -0.2) is 18.1 Å². The number of amides is 1. The number of carbonyl (C=O) groups excluding carboxylic acids is 1. The summed E-state index contributed by atoms with van der Waals surface area (Å²) >= 11 is 6.12. The minimum Gasteiger partial charge on any atom is -0.481 e. The molecule has 4 aliphatic rings. The Hall–Kier alpha value is -4.96. The quantitative estimate of drug-likeness (QED) is 0.0719. The average Bonchev–Trinajstić information content (AvgIpc) is 3.59. The molecule has 3 fully saturated rings. The number of piperazine rings is 1. The predicted octanol–water partition coefficient (Wildman–Crippen LogP) is 7.90. The summed E-state index contributed by atoms with van der Waals surface area (Å²) in [6.45, 7) is 13.3. The molecule has 8 rings (SSSR count). The summed E-state index contributed by atoms with van der Waals surface area (Å²) in [6, 6.07) is 12.0. The number of halogens is 1. The molecule has 14 nitrogen and oxygen atoms in total. The van der Waals surface area contributed by atoms with Crippen molar-refractivity contribution in [1.29, 1.82) is 0 Å². The van der Waals surface area contributed by atoms with Crippen LogP contribution in [0, 0.1) is 15.5 Å². The monoisotopic (exact) mass is 844 g/mol. The Kier molecular flexibility index (Phi) is 11.2. The van der Waals surface area contributed by atoms with E-state index in [1.165, 1.54) is 35.5 Å². The van der Waals surface area contributed by atoms with Crippen molar-refractivity contribution >= 4 is 49.9 Å². The van der Waals surface area contributed by atoms with Crippen LogP contribution >= 0.6 is 11.6 Å². The van der Waals surface area contributed by atoms with Crippen molar-refractivity contribution in [3.63, 3.8) is 0 Å². The maximum absolute atomic E-state index is 13.9. The second kappa shape index (κ2) is 16.2. The van der Waals surface area contributed by atoms with Crippen LogP contribution in [0.3, 0.4) is 0 Å². The Morgan fingerprint density at radius 1 is 1.10 bits per heavy atom. The van der Waals surface area contributed by atoms with Crippen LogP contribution in [-0.2, 0) is 14.8 Å². The predicted molar refractivity (Wildman–Crippen MR) is 225 cm³/mol. The van der Waals surface area contributed by atoms with Gasteiger partial charge < -0.3 is 24.1 Å². The van der Waals surface area contributed by atoms with E-state index in [4.69, 9.17) is 25.8 Å². The van der Waals surface area contributed by atoms with Gasteiger partial charge in [0.05, 0.1) is 33.8 Å². The molecular formula is C43H49ClN6O8S. The lowest BCUT2D eigenvalue weighted by Crippen LogP contribution is -2.47. The molecule has 0 bridgehead atoms. The number of nitro benzene ring substituents is 1. The van der Waals surface area contributed by atoms with E-state index in [2.05, 4.69) is 44.9 Å². The minimum absolute atomic E-state index is 0.0494. The van der Waals surface area contributed by atoms with Gasteiger partial charge >= 0.3 is 5.69 Å². The highest BCUT2D eigenvalue weighted by Gasteiger charge is 2.51. The van der Waals surface area contributed by atoms with E-state index in [1.54, 1.807) is 24.4 Å². The molecule has 2 saturated heterocycles. The van der Waals surface area contributed by atoms with Crippen molar-refractivity contribution in [2.75, 3.05) is 50.1 Å². The normalized spacial score (nSPS) is 20.2. The van der Waals surface area contributed by atoms with E-state index in [9.17, 15) is 23.3 Å². The number of fused-ring (bicyclic) bond motifs is 1. The van der Waals surface area contributed by atoms with Gasteiger partial charge in [-0.05, 0) is 85.9 Å². The fourth-order valence-corrected chi connectivity index (χ4v) is 9.57. The van der Waals surface area contributed by atoms with Gasteiger partial charge in [-0.2, -0.15) is 0 Å². The van der Waals surface area contributed by atoms with Gasteiger partial charge in [-0.1, -0.05) is 31.6 Å². The molecular weight excluding hydrogens is 796 g/mol. The number of alkyl halides is 1. The summed E-state index contributed by atoms with van der Waals surface area (Å²) in [5, 5.41) is 12.9. The molecule has 1 amide bonds. The largest absolute Gasteiger partial charge is 0.481 e. The number of ether oxygens (including phenoxy) is 3. The van der Waals surface area contributed by atoms with Crippen LogP contribution in [0.15, 0.2) is 89.1 Å². The van der Waals surface area contributed by atoms with Gasteiger partial charge in [-0.15, -0.1) is 11.6 Å². The number of pyridine rings is 1. The number of benzene rings is 2. The topological polar surface area (TPSA) is 169 Å². The van der Waals surface area contributed by atoms with Crippen LogP contribution in [-0.4, -0.2) is 91.0 Å². The second-order valence-electron chi connectivity index (χ2n) is 16.9. The standard InChI is InChI=1S/C43H49ClN6O8S/c1-28(9-14-44)36-24-42(2,3)11-8-30(36)26-48-16-18-49(19-17-48)31-4-6-35(39(21-31)57-32-20-29-10-15-45-40(29)46-25-32)41(51)47-59(54,55)34-5-7-38(37(22-34)50(52)53)58-33-23-43(12-13-43)56-27-33/h4-7,10,15,20-22,25,33H,1,8-9,11-14,16-19,23-24,26-27H2,2-3H3,(H,45,46)(H,47,51). The van der Waals surface area contributed by atoms with E-state index in [1.807, 2.05) is 6.07 Å². The Balaban J connectivity index is 1.00. The molecule has 4 heterocycles.